The highest BCUT2D eigenvalue weighted by Crippen LogP contribution is 2.26. The van der Waals surface area contributed by atoms with Gasteiger partial charge in [-0.2, -0.15) is 8.61 Å². The van der Waals surface area contributed by atoms with Gasteiger partial charge in [0.05, 0.1) is 27.8 Å². The van der Waals surface area contributed by atoms with Gasteiger partial charge in [0.1, 0.15) is 0 Å². The predicted octanol–water partition coefficient (Wildman–Crippen LogP) is 8.82. The molecule has 15 heteroatoms. The van der Waals surface area contributed by atoms with E-state index in [0.29, 0.717) is 13.1 Å². The molecule has 0 aromatic rings. The third-order valence-electron chi connectivity index (χ3n) is 6.87. The van der Waals surface area contributed by atoms with Gasteiger partial charge in [0.15, 0.2) is 9.84 Å². The maximum Gasteiger partial charge on any atom is 0.216 e. The summed E-state index contributed by atoms with van der Waals surface area (Å²) >= 11 is 0. The molecule has 0 aromatic carbocycles. The summed E-state index contributed by atoms with van der Waals surface area (Å²) in [5.41, 5.74) is -1.36. The van der Waals surface area contributed by atoms with Gasteiger partial charge in [-0.25, -0.2) is 38.4 Å². The molecule has 11 nitrogen and oxygen atoms in total. The van der Waals surface area contributed by atoms with Crippen molar-refractivity contribution < 1.29 is 33.7 Å². The fraction of sp³-hybridized carbons (Fsp3) is 1.00. The van der Waals surface area contributed by atoms with Gasteiger partial charge in [-0.15, -0.1) is 0 Å². The molecule has 0 atom stereocenters. The highest BCUT2D eigenvalue weighted by molar-refractivity contribution is 7.91. The van der Waals surface area contributed by atoms with E-state index in [2.05, 4.69) is 4.72 Å². The van der Waals surface area contributed by atoms with E-state index >= 15 is 0 Å². The van der Waals surface area contributed by atoms with Gasteiger partial charge in [0, 0.05) is 31.2 Å². The van der Waals surface area contributed by atoms with E-state index in [1.807, 2.05) is 152 Å². The lowest BCUT2D eigenvalue weighted by Crippen LogP contribution is -2.47. The van der Waals surface area contributed by atoms with Crippen LogP contribution in [0.3, 0.4) is 0 Å². The topological polar surface area (TPSA) is 155 Å². The lowest BCUT2D eigenvalue weighted by Gasteiger charge is -2.35. The maximum absolute atomic E-state index is 12.2. The van der Waals surface area contributed by atoms with Gasteiger partial charge in [0.25, 0.3) is 0 Å². The molecule has 0 fully saturated rings. The molecule has 0 saturated heterocycles. The van der Waals surface area contributed by atoms with Gasteiger partial charge < -0.3 is 0 Å². The van der Waals surface area contributed by atoms with Crippen LogP contribution in [0.25, 0.3) is 0 Å². The van der Waals surface area contributed by atoms with Crippen molar-refractivity contribution in [2.75, 3.05) is 43.1 Å². The summed E-state index contributed by atoms with van der Waals surface area (Å²) in [5, 5.41) is 0. The summed E-state index contributed by atoms with van der Waals surface area (Å²) in [6.07, 6.45) is 0. The lowest BCUT2D eigenvalue weighted by atomic mass is 9.98. The third-order valence-corrected chi connectivity index (χ3v) is 16.9. The summed E-state index contributed by atoms with van der Waals surface area (Å²) in [5.74, 6) is 0.938. The molecule has 55 heavy (non-hydrogen) atoms. The van der Waals surface area contributed by atoms with Crippen LogP contribution in [-0.4, -0.2) is 101 Å². The van der Waals surface area contributed by atoms with Crippen LogP contribution >= 0.6 is 0 Å². The zero-order valence-electron chi connectivity index (χ0n) is 40.5. The Morgan fingerprint density at radius 1 is 0.418 bits per heavy atom. The van der Waals surface area contributed by atoms with Crippen LogP contribution in [0.4, 0.5) is 0 Å². The van der Waals surface area contributed by atoms with Crippen molar-refractivity contribution in [1.82, 2.24) is 13.3 Å². The van der Waals surface area contributed by atoms with Crippen molar-refractivity contribution in [2.24, 2.45) is 27.1 Å². The zero-order chi connectivity index (χ0) is 46.1. The molecule has 0 aliphatic carbocycles. The maximum atomic E-state index is 12.2. The zero-order valence-corrected chi connectivity index (χ0v) is 43.8. The van der Waals surface area contributed by atoms with Crippen LogP contribution in [0.1, 0.15) is 173 Å². The number of sulfone groups is 1. The van der Waals surface area contributed by atoms with E-state index in [1.165, 1.54) is 4.31 Å². The molecule has 0 saturated carbocycles. The van der Waals surface area contributed by atoms with E-state index in [0.717, 1.165) is 0 Å². The second kappa shape index (κ2) is 20.8. The first-order valence-electron chi connectivity index (χ1n) is 19.3. The van der Waals surface area contributed by atoms with E-state index in [9.17, 15) is 33.7 Å². The van der Waals surface area contributed by atoms with Crippen molar-refractivity contribution in [3.63, 3.8) is 0 Å². The Bertz CT molecular complexity index is 1540. The number of nitrogens with one attached hydrogen (secondary N) is 1. The number of sulfonamides is 3. The Kier molecular flexibility index (Phi) is 23.2. The Labute approximate surface area is 344 Å². The Hall–Kier alpha value is -0.320. The fourth-order valence-corrected chi connectivity index (χ4v) is 13.1. The Morgan fingerprint density at radius 3 is 0.909 bits per heavy atom. The molecule has 0 amide bonds. The third kappa shape index (κ3) is 33.2. The standard InChI is InChI=1S/C11H25NO2S.C10H23NO2S.C10H22O2S.C9H21NO2S/c1-8-12(11(5,6)7)15(13,14)9-10(2,3)4;1-9(2,3)8-14(12,13)11(7)10(4,5)6;1-9(2,3)7-13(11,12)8-10(4,5)6;1-8(2,3)7-10-13(11,12)9(4,5)6/h8-9H2,1-7H3;8H2,1-7H3;7-8H2,1-6H3;10H,7H2,1-6H3. The molecule has 338 valence electrons. The molecule has 0 aliphatic rings. The summed E-state index contributed by atoms with van der Waals surface area (Å²) in [6, 6.07) is 0. The van der Waals surface area contributed by atoms with E-state index in [4.69, 9.17) is 0 Å². The van der Waals surface area contributed by atoms with Crippen molar-refractivity contribution in [1.29, 1.82) is 0 Å². The van der Waals surface area contributed by atoms with Crippen LogP contribution in [0.15, 0.2) is 0 Å². The quantitative estimate of drug-likeness (QED) is 0.241. The molecule has 0 rings (SSSR count). The molecule has 0 heterocycles. The monoisotopic (exact) mass is 870 g/mol. The Morgan fingerprint density at radius 2 is 0.709 bits per heavy atom. The molecule has 1 N–H and O–H groups in total. The second-order valence-electron chi connectivity index (χ2n) is 23.8. The van der Waals surface area contributed by atoms with E-state index in [1.54, 1.807) is 32.1 Å². The highest BCUT2D eigenvalue weighted by atomic mass is 32.2. The minimum Gasteiger partial charge on any atom is -0.229 e. The Balaban J connectivity index is -0.000000316. The average Bonchev–Trinajstić information content (AvgIpc) is 2.74. The molecular weight excluding hydrogens is 779 g/mol. The summed E-state index contributed by atoms with van der Waals surface area (Å²) in [7, 11) is -10.7. The summed E-state index contributed by atoms with van der Waals surface area (Å²) in [6.45, 7) is 48.8. The van der Waals surface area contributed by atoms with Gasteiger partial charge in [0.2, 0.25) is 30.1 Å². The summed E-state index contributed by atoms with van der Waals surface area (Å²) < 4.78 is 99.5. The van der Waals surface area contributed by atoms with Gasteiger partial charge in [-0.1, -0.05) is 111 Å². The molecule has 0 bridgehead atoms. The lowest BCUT2D eigenvalue weighted by molar-refractivity contribution is 0.255. The largest absolute Gasteiger partial charge is 0.229 e. The normalized spacial score (nSPS) is 14.7. The van der Waals surface area contributed by atoms with Crippen LogP contribution in [-0.2, 0) is 39.9 Å². The van der Waals surface area contributed by atoms with E-state index < -0.39 is 44.7 Å². The molecule has 0 aliphatic heterocycles. The van der Waals surface area contributed by atoms with Gasteiger partial charge in [-0.05, 0) is 89.4 Å². The first kappa shape index (κ1) is 61.3. The van der Waals surface area contributed by atoms with Crippen molar-refractivity contribution in [3.8, 4) is 0 Å². The average molecular weight is 870 g/mol. The summed E-state index contributed by atoms with van der Waals surface area (Å²) in [4.78, 5) is 0. The van der Waals surface area contributed by atoms with Crippen molar-refractivity contribution in [3.05, 3.63) is 0 Å². The van der Waals surface area contributed by atoms with Crippen LogP contribution in [0.2, 0.25) is 0 Å². The van der Waals surface area contributed by atoms with Crippen molar-refractivity contribution in [2.45, 2.75) is 189 Å². The van der Waals surface area contributed by atoms with Gasteiger partial charge in [-0.3, -0.25) is 0 Å². The van der Waals surface area contributed by atoms with Crippen molar-refractivity contribution >= 4 is 39.9 Å². The predicted molar refractivity (Wildman–Crippen MR) is 240 cm³/mol. The molecule has 0 aromatic heterocycles. The van der Waals surface area contributed by atoms with Crippen LogP contribution in [0.5, 0.6) is 0 Å². The number of nitrogens with zero attached hydrogens (tertiary/aromatic N) is 2. The number of rotatable bonds is 9. The van der Waals surface area contributed by atoms with Crippen LogP contribution in [0, 0.1) is 27.1 Å². The smallest absolute Gasteiger partial charge is 0.216 e. The van der Waals surface area contributed by atoms with Crippen LogP contribution < -0.4 is 4.72 Å². The number of hydrogen-bond donors (Lipinski definition) is 1. The first-order chi connectivity index (χ1) is 23.1. The SMILES string of the molecule is CC(C)(C)CNS(=O)(=O)C(C)(C)C.CC(C)(C)CS(=O)(=O)CC(C)(C)C.CCN(C(C)(C)C)S(=O)(=O)CC(C)(C)C.CN(C(C)(C)C)S(=O)(=O)CC(C)(C)C. The minimum absolute atomic E-state index is 0.0156. The first-order valence-corrected chi connectivity index (χ1v) is 25.8. The number of hydrogen-bond acceptors (Lipinski definition) is 8. The van der Waals surface area contributed by atoms with Gasteiger partial charge >= 0.3 is 0 Å². The molecule has 0 spiro atoms. The second-order valence-corrected chi connectivity index (χ2v) is 32.2. The highest BCUT2D eigenvalue weighted by Gasteiger charge is 2.35. The fourth-order valence-electron chi connectivity index (χ4n) is 4.67. The van der Waals surface area contributed by atoms with E-state index in [-0.39, 0.29) is 61.2 Å². The molecule has 0 unspecified atom stereocenters. The minimum atomic E-state index is -3.18. The molecule has 0 radical (unpaired) electrons. The molecular formula is C40H91N3O8S4.